The number of thiocarbonyl (C=S) groups is 1. The molecule has 0 saturated carbocycles. The highest BCUT2D eigenvalue weighted by atomic mass is 32.1. The fourth-order valence-corrected chi connectivity index (χ4v) is 3.00. The lowest BCUT2D eigenvalue weighted by atomic mass is 10.2. The predicted octanol–water partition coefficient (Wildman–Crippen LogP) is 3.06. The van der Waals surface area contributed by atoms with Crippen LogP contribution in [0.5, 0.6) is 0 Å². The first-order chi connectivity index (χ1) is 12.1. The molecule has 1 aliphatic heterocycles. The van der Waals surface area contributed by atoms with Crippen LogP contribution in [0.2, 0.25) is 0 Å². The molecule has 1 heterocycles. The highest BCUT2D eigenvalue weighted by Gasteiger charge is 2.13. The van der Waals surface area contributed by atoms with E-state index in [0.29, 0.717) is 17.3 Å². The summed E-state index contributed by atoms with van der Waals surface area (Å²) < 4.78 is 13.2. The van der Waals surface area contributed by atoms with E-state index in [-0.39, 0.29) is 5.82 Å². The molecule has 1 aliphatic rings. The molecule has 0 aromatic heterocycles. The van der Waals surface area contributed by atoms with Gasteiger partial charge in [-0.05, 0) is 55.2 Å². The minimum absolute atomic E-state index is 0.285. The highest BCUT2D eigenvalue weighted by molar-refractivity contribution is 7.80. The maximum absolute atomic E-state index is 13.2. The van der Waals surface area contributed by atoms with E-state index in [0.717, 1.165) is 31.7 Å². The molecule has 0 radical (unpaired) electrons. The topological polar surface area (TPSA) is 30.5 Å². The smallest absolute Gasteiger partial charge is 0.171 e. The first-order valence-corrected chi connectivity index (χ1v) is 8.84. The van der Waals surface area contributed by atoms with E-state index in [2.05, 4.69) is 51.7 Å². The zero-order chi connectivity index (χ0) is 17.6. The van der Waals surface area contributed by atoms with Gasteiger partial charge in [0.15, 0.2) is 5.11 Å². The van der Waals surface area contributed by atoms with Gasteiger partial charge in [0, 0.05) is 44.1 Å². The Kier molecular flexibility index (Phi) is 5.83. The normalized spacial score (nSPS) is 15.0. The van der Waals surface area contributed by atoms with Gasteiger partial charge in [0.2, 0.25) is 0 Å². The number of benzene rings is 2. The number of anilines is 2. The standard InChI is InChI=1S/C19H23FN4S/c1-23-9-11-24(12-10-23)18-7-5-15(6-8-18)14-21-19(25)22-17-4-2-3-16(20)13-17/h2-8,13H,9-12,14H2,1H3,(H2,21,22,25). The molecular formula is C19H23FN4S. The van der Waals surface area contributed by atoms with Crippen LogP contribution in [0.25, 0.3) is 0 Å². The Morgan fingerprint density at radius 1 is 1.08 bits per heavy atom. The van der Waals surface area contributed by atoms with E-state index in [1.807, 2.05) is 0 Å². The second-order valence-electron chi connectivity index (χ2n) is 6.27. The molecule has 6 heteroatoms. The Labute approximate surface area is 153 Å². The summed E-state index contributed by atoms with van der Waals surface area (Å²) in [7, 11) is 2.16. The van der Waals surface area contributed by atoms with E-state index in [4.69, 9.17) is 12.2 Å². The summed E-state index contributed by atoms with van der Waals surface area (Å²) in [6, 6.07) is 14.8. The van der Waals surface area contributed by atoms with Crippen molar-refractivity contribution >= 4 is 28.7 Å². The van der Waals surface area contributed by atoms with Crippen LogP contribution in [-0.4, -0.2) is 43.2 Å². The number of hydrogen-bond donors (Lipinski definition) is 2. The van der Waals surface area contributed by atoms with Gasteiger partial charge in [-0.25, -0.2) is 4.39 Å². The monoisotopic (exact) mass is 358 g/mol. The zero-order valence-electron chi connectivity index (χ0n) is 14.3. The van der Waals surface area contributed by atoms with Crippen molar-refractivity contribution in [2.24, 2.45) is 0 Å². The molecule has 2 aromatic carbocycles. The van der Waals surface area contributed by atoms with Gasteiger partial charge in [0.1, 0.15) is 5.82 Å². The fourth-order valence-electron chi connectivity index (χ4n) is 2.81. The summed E-state index contributed by atoms with van der Waals surface area (Å²) in [5.74, 6) is -0.285. The third-order valence-electron chi connectivity index (χ3n) is 4.34. The molecule has 3 rings (SSSR count). The molecule has 0 unspecified atom stereocenters. The third kappa shape index (κ3) is 5.14. The van der Waals surface area contributed by atoms with E-state index >= 15 is 0 Å². The molecule has 0 atom stereocenters. The highest BCUT2D eigenvalue weighted by Crippen LogP contribution is 2.17. The number of hydrogen-bond acceptors (Lipinski definition) is 3. The summed E-state index contributed by atoms with van der Waals surface area (Å²) in [5, 5.41) is 6.62. The van der Waals surface area contributed by atoms with Crippen molar-refractivity contribution in [1.82, 2.24) is 10.2 Å². The van der Waals surface area contributed by atoms with Gasteiger partial charge >= 0.3 is 0 Å². The van der Waals surface area contributed by atoms with E-state index in [1.54, 1.807) is 12.1 Å². The second-order valence-corrected chi connectivity index (χ2v) is 6.68. The fraction of sp³-hybridized carbons (Fsp3) is 0.316. The first kappa shape index (κ1) is 17.6. The van der Waals surface area contributed by atoms with Crippen molar-refractivity contribution in [3.63, 3.8) is 0 Å². The lowest BCUT2D eigenvalue weighted by Crippen LogP contribution is -2.44. The average molecular weight is 358 g/mol. The molecule has 0 bridgehead atoms. The van der Waals surface area contributed by atoms with Gasteiger partial charge < -0.3 is 20.4 Å². The van der Waals surface area contributed by atoms with Crippen molar-refractivity contribution in [1.29, 1.82) is 0 Å². The Hall–Kier alpha value is -2.18. The molecule has 1 saturated heterocycles. The SMILES string of the molecule is CN1CCN(c2ccc(CNC(=S)Nc3cccc(F)c3)cc2)CC1. The Morgan fingerprint density at radius 3 is 2.48 bits per heavy atom. The zero-order valence-corrected chi connectivity index (χ0v) is 15.2. The average Bonchev–Trinajstić information content (AvgIpc) is 2.61. The minimum Gasteiger partial charge on any atom is -0.369 e. The molecule has 0 spiro atoms. The molecule has 25 heavy (non-hydrogen) atoms. The number of nitrogens with zero attached hydrogens (tertiary/aromatic N) is 2. The lowest BCUT2D eigenvalue weighted by Gasteiger charge is -2.34. The molecule has 4 nitrogen and oxygen atoms in total. The second kappa shape index (κ2) is 8.27. The maximum atomic E-state index is 13.2. The Bertz CT molecular complexity index is 712. The molecule has 0 amide bonds. The van der Waals surface area contributed by atoms with Crippen LogP contribution in [-0.2, 0) is 6.54 Å². The number of rotatable bonds is 4. The van der Waals surface area contributed by atoms with Crippen molar-refractivity contribution in [3.8, 4) is 0 Å². The van der Waals surface area contributed by atoms with Crippen LogP contribution < -0.4 is 15.5 Å². The maximum Gasteiger partial charge on any atom is 0.171 e. The first-order valence-electron chi connectivity index (χ1n) is 8.43. The van der Waals surface area contributed by atoms with Crippen LogP contribution in [0.4, 0.5) is 15.8 Å². The van der Waals surface area contributed by atoms with Crippen molar-refractivity contribution in [3.05, 3.63) is 59.9 Å². The molecule has 2 aromatic rings. The molecule has 0 aliphatic carbocycles. The Morgan fingerprint density at radius 2 is 1.80 bits per heavy atom. The predicted molar refractivity (Wildman–Crippen MR) is 106 cm³/mol. The van der Waals surface area contributed by atoms with Gasteiger partial charge in [-0.1, -0.05) is 18.2 Å². The molecule has 132 valence electrons. The van der Waals surface area contributed by atoms with Crippen LogP contribution in [0.1, 0.15) is 5.56 Å². The van der Waals surface area contributed by atoms with Gasteiger partial charge in [-0.15, -0.1) is 0 Å². The number of halogens is 1. The summed E-state index contributed by atoms with van der Waals surface area (Å²) >= 11 is 5.26. The minimum atomic E-state index is -0.285. The third-order valence-corrected chi connectivity index (χ3v) is 4.59. The summed E-state index contributed by atoms with van der Waals surface area (Å²) in [6.45, 7) is 4.96. The van der Waals surface area contributed by atoms with Crippen LogP contribution in [0.3, 0.4) is 0 Å². The molecular weight excluding hydrogens is 335 g/mol. The van der Waals surface area contributed by atoms with Crippen LogP contribution in [0.15, 0.2) is 48.5 Å². The van der Waals surface area contributed by atoms with Gasteiger partial charge in [-0.3, -0.25) is 0 Å². The number of likely N-dealkylation sites (N-methyl/N-ethyl adjacent to an activating group) is 1. The number of piperazine rings is 1. The van der Waals surface area contributed by atoms with Gasteiger partial charge in [-0.2, -0.15) is 0 Å². The van der Waals surface area contributed by atoms with E-state index in [9.17, 15) is 4.39 Å². The summed E-state index contributed by atoms with van der Waals surface area (Å²) in [6.07, 6.45) is 0. The molecule has 1 fully saturated rings. The van der Waals surface area contributed by atoms with E-state index < -0.39 is 0 Å². The number of nitrogens with one attached hydrogen (secondary N) is 2. The largest absolute Gasteiger partial charge is 0.369 e. The van der Waals surface area contributed by atoms with Crippen molar-refractivity contribution in [2.45, 2.75) is 6.54 Å². The van der Waals surface area contributed by atoms with Gasteiger partial charge in [0.05, 0.1) is 0 Å². The van der Waals surface area contributed by atoms with Crippen molar-refractivity contribution in [2.75, 3.05) is 43.4 Å². The van der Waals surface area contributed by atoms with Crippen LogP contribution in [0, 0.1) is 5.82 Å². The lowest BCUT2D eigenvalue weighted by molar-refractivity contribution is 0.313. The quantitative estimate of drug-likeness (QED) is 0.821. The van der Waals surface area contributed by atoms with E-state index in [1.165, 1.54) is 17.8 Å². The summed E-state index contributed by atoms with van der Waals surface area (Å²) in [4.78, 5) is 4.76. The van der Waals surface area contributed by atoms with Gasteiger partial charge in [0.25, 0.3) is 0 Å². The van der Waals surface area contributed by atoms with Crippen LogP contribution >= 0.6 is 12.2 Å². The summed E-state index contributed by atoms with van der Waals surface area (Å²) in [5.41, 5.74) is 3.06. The Balaban J connectivity index is 1.49. The van der Waals surface area contributed by atoms with Crippen molar-refractivity contribution < 1.29 is 4.39 Å². The molecule has 2 N–H and O–H groups in total.